The quantitative estimate of drug-likeness (QED) is 0.687. The van der Waals surface area contributed by atoms with Crippen LogP contribution in [0.2, 0.25) is 6.04 Å². The van der Waals surface area contributed by atoms with Crippen molar-refractivity contribution in [2.75, 3.05) is 6.61 Å². The van der Waals surface area contributed by atoms with E-state index in [-0.39, 0.29) is 9.52 Å². The van der Waals surface area contributed by atoms with Crippen LogP contribution in [0.5, 0.6) is 0 Å². The second-order valence-corrected chi connectivity index (χ2v) is 7.84. The summed E-state index contributed by atoms with van der Waals surface area (Å²) in [4.78, 5) is 0. The fourth-order valence-corrected chi connectivity index (χ4v) is 5.62. The highest BCUT2D eigenvalue weighted by Gasteiger charge is 2.17. The molecule has 0 aromatic heterocycles. The van der Waals surface area contributed by atoms with Crippen LogP contribution in [-0.2, 0) is 4.74 Å². The zero-order chi connectivity index (χ0) is 11.1. The first-order valence-electron chi connectivity index (χ1n) is 7.57. The Balaban J connectivity index is 1.62. The Morgan fingerprint density at radius 2 is 1.50 bits per heavy atom. The van der Waals surface area contributed by atoms with Crippen LogP contribution in [0.3, 0.4) is 0 Å². The first kappa shape index (κ1) is 12.6. The van der Waals surface area contributed by atoms with Gasteiger partial charge in [0.1, 0.15) is 0 Å². The summed E-state index contributed by atoms with van der Waals surface area (Å²) < 4.78 is 5.89. The van der Waals surface area contributed by atoms with E-state index in [2.05, 4.69) is 0 Å². The molecule has 2 fully saturated rings. The number of ether oxygens (including phenoxy) is 1. The molecule has 0 bridgehead atoms. The van der Waals surface area contributed by atoms with Gasteiger partial charge in [0, 0.05) is 12.3 Å². The van der Waals surface area contributed by atoms with Gasteiger partial charge in [-0.15, -0.1) is 0 Å². The number of rotatable bonds is 3. The Labute approximate surface area is 103 Å². The number of hydrogen-bond donors (Lipinski definition) is 0. The van der Waals surface area contributed by atoms with E-state index in [0.29, 0.717) is 0 Å². The molecule has 94 valence electrons. The van der Waals surface area contributed by atoms with E-state index < -0.39 is 0 Å². The van der Waals surface area contributed by atoms with Gasteiger partial charge in [-0.1, -0.05) is 51.0 Å². The van der Waals surface area contributed by atoms with E-state index >= 15 is 0 Å². The minimum Gasteiger partial charge on any atom is -0.382 e. The first-order chi connectivity index (χ1) is 7.95. The zero-order valence-corrected chi connectivity index (χ0v) is 12.2. The van der Waals surface area contributed by atoms with E-state index in [1.54, 1.807) is 6.04 Å². The second kappa shape index (κ2) is 7.49. The van der Waals surface area contributed by atoms with Gasteiger partial charge in [-0.05, 0) is 25.2 Å². The molecule has 2 heteroatoms. The summed E-state index contributed by atoms with van der Waals surface area (Å²) >= 11 is 0. The van der Waals surface area contributed by atoms with Gasteiger partial charge in [0.25, 0.3) is 0 Å². The molecule has 1 nitrogen and oxygen atoms in total. The van der Waals surface area contributed by atoms with Crippen LogP contribution in [0.25, 0.3) is 0 Å². The molecule has 1 aliphatic carbocycles. The minimum absolute atomic E-state index is 0.0717. The van der Waals surface area contributed by atoms with Crippen molar-refractivity contribution in [2.45, 2.75) is 76.0 Å². The standard InChI is InChI=1S/C14H28OSi/c1-2-4-8-13(9-5-3-1)12-16-14-10-6-7-11-15-14/h13-14H,1-12,16H2. The van der Waals surface area contributed by atoms with Crippen LogP contribution >= 0.6 is 0 Å². The topological polar surface area (TPSA) is 9.23 Å². The van der Waals surface area contributed by atoms with Crippen LogP contribution in [0.15, 0.2) is 0 Å². The van der Waals surface area contributed by atoms with Crippen molar-refractivity contribution >= 4 is 9.52 Å². The predicted molar refractivity (Wildman–Crippen MR) is 72.8 cm³/mol. The summed E-state index contributed by atoms with van der Waals surface area (Å²) in [7, 11) is 0.0717. The maximum Gasteiger partial charge on any atom is 0.0558 e. The highest BCUT2D eigenvalue weighted by molar-refractivity contribution is 6.37. The maximum atomic E-state index is 5.89. The van der Waals surface area contributed by atoms with Gasteiger partial charge < -0.3 is 4.74 Å². The van der Waals surface area contributed by atoms with E-state index in [0.717, 1.165) is 18.3 Å². The van der Waals surface area contributed by atoms with Crippen LogP contribution < -0.4 is 0 Å². The first-order valence-corrected chi connectivity index (χ1v) is 9.38. The summed E-state index contributed by atoms with van der Waals surface area (Å²) in [6.07, 6.45) is 14.7. The van der Waals surface area contributed by atoms with Gasteiger partial charge in [-0.3, -0.25) is 0 Å². The van der Waals surface area contributed by atoms with E-state index in [9.17, 15) is 0 Å². The molecule has 1 aliphatic heterocycles. The lowest BCUT2D eigenvalue weighted by Gasteiger charge is -2.25. The summed E-state index contributed by atoms with van der Waals surface area (Å²) in [5, 5.41) is 0. The summed E-state index contributed by atoms with van der Waals surface area (Å²) in [6, 6.07) is 1.57. The van der Waals surface area contributed by atoms with E-state index in [4.69, 9.17) is 4.74 Å². The van der Waals surface area contributed by atoms with Crippen molar-refractivity contribution in [3.63, 3.8) is 0 Å². The second-order valence-electron chi connectivity index (χ2n) is 5.78. The van der Waals surface area contributed by atoms with Gasteiger partial charge in [0.05, 0.1) is 9.52 Å². The molecule has 0 aromatic rings. The molecular formula is C14H28OSi. The molecule has 2 aliphatic rings. The monoisotopic (exact) mass is 240 g/mol. The molecule has 0 aromatic carbocycles. The van der Waals surface area contributed by atoms with Gasteiger partial charge in [-0.2, -0.15) is 0 Å². The van der Waals surface area contributed by atoms with Gasteiger partial charge in [-0.25, -0.2) is 0 Å². The van der Waals surface area contributed by atoms with Crippen molar-refractivity contribution in [1.82, 2.24) is 0 Å². The maximum absolute atomic E-state index is 5.89. The van der Waals surface area contributed by atoms with Gasteiger partial charge in [0.2, 0.25) is 0 Å². The highest BCUT2D eigenvalue weighted by atomic mass is 28.2. The Morgan fingerprint density at radius 1 is 0.812 bits per heavy atom. The predicted octanol–water partition coefficient (Wildman–Crippen LogP) is 3.46. The third-order valence-electron chi connectivity index (χ3n) is 4.40. The van der Waals surface area contributed by atoms with Crippen molar-refractivity contribution in [3.05, 3.63) is 0 Å². The minimum atomic E-state index is 0.0717. The van der Waals surface area contributed by atoms with Gasteiger partial charge >= 0.3 is 0 Å². The molecule has 1 saturated carbocycles. The fraction of sp³-hybridized carbons (Fsp3) is 1.00. The molecule has 1 unspecified atom stereocenters. The Kier molecular flexibility index (Phi) is 5.91. The van der Waals surface area contributed by atoms with E-state index in [1.165, 1.54) is 64.2 Å². The third kappa shape index (κ3) is 4.58. The molecule has 1 heterocycles. The Bertz CT molecular complexity index is 170. The highest BCUT2D eigenvalue weighted by Crippen LogP contribution is 2.26. The SMILES string of the molecule is C1CCCC(C[SiH2]C2CCCCO2)CCC1. The molecule has 0 N–H and O–H groups in total. The summed E-state index contributed by atoms with van der Waals surface area (Å²) in [5.41, 5.74) is 0.749. The van der Waals surface area contributed by atoms with E-state index in [1.807, 2.05) is 0 Å². The Hall–Kier alpha value is 0.177. The smallest absolute Gasteiger partial charge is 0.0558 e. The van der Waals surface area contributed by atoms with Crippen LogP contribution in [0.1, 0.15) is 64.2 Å². The van der Waals surface area contributed by atoms with Crippen molar-refractivity contribution in [2.24, 2.45) is 5.92 Å². The zero-order valence-electron chi connectivity index (χ0n) is 10.8. The fourth-order valence-electron chi connectivity index (χ4n) is 3.29. The van der Waals surface area contributed by atoms with Crippen LogP contribution in [0, 0.1) is 5.92 Å². The summed E-state index contributed by atoms with van der Waals surface area (Å²) in [6.45, 7) is 1.06. The lowest BCUT2D eigenvalue weighted by atomic mass is 9.93. The third-order valence-corrected chi connectivity index (χ3v) is 6.83. The largest absolute Gasteiger partial charge is 0.382 e. The summed E-state index contributed by atoms with van der Waals surface area (Å²) in [5.74, 6) is 1.08. The molecule has 0 amide bonds. The molecule has 16 heavy (non-hydrogen) atoms. The lowest BCUT2D eigenvalue weighted by Crippen LogP contribution is -2.26. The molecule has 1 saturated heterocycles. The normalized spacial score (nSPS) is 30.4. The lowest BCUT2D eigenvalue weighted by molar-refractivity contribution is 0.0646. The van der Waals surface area contributed by atoms with Gasteiger partial charge in [0.15, 0.2) is 0 Å². The molecule has 1 atom stereocenters. The van der Waals surface area contributed by atoms with Crippen LogP contribution in [-0.4, -0.2) is 21.9 Å². The molecule has 0 radical (unpaired) electrons. The Morgan fingerprint density at radius 3 is 2.19 bits per heavy atom. The van der Waals surface area contributed by atoms with Crippen molar-refractivity contribution in [3.8, 4) is 0 Å². The number of hydrogen-bond acceptors (Lipinski definition) is 1. The van der Waals surface area contributed by atoms with Crippen molar-refractivity contribution in [1.29, 1.82) is 0 Å². The molecular weight excluding hydrogens is 212 g/mol. The molecule has 0 spiro atoms. The molecule has 2 rings (SSSR count). The average Bonchev–Trinajstić information content (AvgIpc) is 2.29. The van der Waals surface area contributed by atoms with Crippen LogP contribution in [0.4, 0.5) is 0 Å². The average molecular weight is 240 g/mol. The van der Waals surface area contributed by atoms with Crippen molar-refractivity contribution < 1.29 is 4.74 Å².